The molecule has 4 aromatic carbocycles. The van der Waals surface area contributed by atoms with E-state index >= 15 is 0 Å². The molecule has 0 saturated carbocycles. The van der Waals surface area contributed by atoms with Crippen molar-refractivity contribution in [1.29, 1.82) is 0 Å². The number of ether oxygens (including phenoxy) is 1. The zero-order chi connectivity index (χ0) is 30.6. The van der Waals surface area contributed by atoms with Gasteiger partial charge in [0, 0.05) is 29.0 Å². The number of phenolic OH excluding ortho intramolecular Hbond substituents is 1. The first kappa shape index (κ1) is 28.8. The molecular formula is C39H35N3O2. The zero-order valence-corrected chi connectivity index (χ0v) is 25.4. The van der Waals surface area contributed by atoms with Crippen LogP contribution in [-0.2, 0) is 0 Å². The highest BCUT2D eigenvalue weighted by Crippen LogP contribution is 2.39. The quantitative estimate of drug-likeness (QED) is 0.195. The Morgan fingerprint density at radius 2 is 1.27 bits per heavy atom. The molecular weight excluding hydrogens is 542 g/mol. The zero-order valence-electron chi connectivity index (χ0n) is 25.4. The Morgan fingerprint density at radius 3 is 1.95 bits per heavy atom. The number of benzene rings is 4. The van der Waals surface area contributed by atoms with Gasteiger partial charge in [-0.15, -0.1) is 0 Å². The van der Waals surface area contributed by atoms with E-state index in [9.17, 15) is 5.11 Å². The van der Waals surface area contributed by atoms with E-state index in [1.165, 1.54) is 11.1 Å². The van der Waals surface area contributed by atoms with Gasteiger partial charge in [0.25, 0.3) is 0 Å². The van der Waals surface area contributed by atoms with Gasteiger partial charge in [-0.05, 0) is 82.6 Å². The fourth-order valence-electron chi connectivity index (χ4n) is 5.21. The molecule has 0 aliphatic heterocycles. The van der Waals surface area contributed by atoms with Crippen LogP contribution in [0.1, 0.15) is 50.7 Å². The maximum absolute atomic E-state index is 11.0. The summed E-state index contributed by atoms with van der Waals surface area (Å²) in [5.74, 6) is 2.01. The number of nitrogens with zero attached hydrogens (tertiary/aromatic N) is 3. The summed E-state index contributed by atoms with van der Waals surface area (Å²) >= 11 is 0. The summed E-state index contributed by atoms with van der Waals surface area (Å²) in [5.41, 5.74) is 8.98. The molecule has 2 heterocycles. The number of hydrogen-bond acceptors (Lipinski definition) is 5. The minimum atomic E-state index is 0.154. The predicted octanol–water partition coefficient (Wildman–Crippen LogP) is 10.3. The Bertz CT molecular complexity index is 1870. The number of rotatable bonds is 8. The molecule has 6 rings (SSSR count). The lowest BCUT2D eigenvalue weighted by molar-refractivity contribution is 0.463. The summed E-state index contributed by atoms with van der Waals surface area (Å²) in [6.45, 7) is 8.80. The molecule has 0 bridgehead atoms. The molecule has 1 N–H and O–H groups in total. The van der Waals surface area contributed by atoms with Gasteiger partial charge in [-0.1, -0.05) is 82.3 Å². The van der Waals surface area contributed by atoms with Crippen LogP contribution in [0.2, 0.25) is 0 Å². The molecule has 6 aromatic rings. The van der Waals surface area contributed by atoms with E-state index in [-0.39, 0.29) is 5.75 Å². The van der Waals surface area contributed by atoms with Crippen molar-refractivity contribution in [2.45, 2.75) is 39.5 Å². The molecule has 5 heteroatoms. The lowest BCUT2D eigenvalue weighted by Crippen LogP contribution is -2.00. The van der Waals surface area contributed by atoms with Gasteiger partial charge in [0.2, 0.25) is 5.88 Å². The van der Waals surface area contributed by atoms with Crippen molar-refractivity contribution in [1.82, 2.24) is 15.0 Å². The molecule has 0 spiro atoms. The Labute approximate surface area is 258 Å². The standard InChI is InChI=1S/C39H35N3O2/c1-25(2)28-18-29(26(3)4)20-32(19-28)38-39(34-14-8-9-15-36(34)43)42-35(24-41-38)31-21-30(27-12-6-5-7-13-27)22-33(23-31)44-37-16-10-11-17-40-37/h5-26,43H,1-4H3. The first-order valence-corrected chi connectivity index (χ1v) is 15.0. The first-order valence-electron chi connectivity index (χ1n) is 15.0. The largest absolute Gasteiger partial charge is 0.507 e. The fourth-order valence-corrected chi connectivity index (χ4v) is 5.21. The third-order valence-corrected chi connectivity index (χ3v) is 7.69. The molecule has 5 nitrogen and oxygen atoms in total. The van der Waals surface area contributed by atoms with Crippen LogP contribution in [0.5, 0.6) is 17.4 Å². The second-order valence-corrected chi connectivity index (χ2v) is 11.5. The summed E-state index contributed by atoms with van der Waals surface area (Å²) in [6.07, 6.45) is 3.52. The third-order valence-electron chi connectivity index (χ3n) is 7.69. The second-order valence-electron chi connectivity index (χ2n) is 11.5. The number of pyridine rings is 1. The van der Waals surface area contributed by atoms with Crippen molar-refractivity contribution in [2.24, 2.45) is 0 Å². The molecule has 0 saturated heterocycles. The van der Waals surface area contributed by atoms with Crippen molar-refractivity contribution in [3.05, 3.63) is 133 Å². The van der Waals surface area contributed by atoms with E-state index in [0.717, 1.165) is 27.9 Å². The SMILES string of the molecule is CC(C)c1cc(-c2ncc(-c3cc(Oc4ccccn4)cc(-c4ccccc4)c3)nc2-c2ccccc2O)cc(C(C)C)c1. The van der Waals surface area contributed by atoms with Gasteiger partial charge >= 0.3 is 0 Å². The maximum Gasteiger partial charge on any atom is 0.219 e. The van der Waals surface area contributed by atoms with Crippen LogP contribution in [0.25, 0.3) is 44.9 Å². The number of aromatic hydroxyl groups is 1. The summed E-state index contributed by atoms with van der Waals surface area (Å²) in [4.78, 5) is 14.6. The Kier molecular flexibility index (Phi) is 8.20. The second kappa shape index (κ2) is 12.5. The lowest BCUT2D eigenvalue weighted by atomic mass is 9.91. The monoisotopic (exact) mass is 577 g/mol. The number of phenols is 1. The molecule has 0 atom stereocenters. The molecule has 0 unspecified atom stereocenters. The normalized spacial score (nSPS) is 11.2. The van der Waals surface area contributed by atoms with Crippen molar-refractivity contribution in [3.8, 4) is 62.3 Å². The molecule has 0 fully saturated rings. The average molecular weight is 578 g/mol. The Hall–Kier alpha value is -5.29. The van der Waals surface area contributed by atoms with E-state index < -0.39 is 0 Å². The van der Waals surface area contributed by atoms with Gasteiger partial charge in [0.1, 0.15) is 17.2 Å². The average Bonchev–Trinajstić information content (AvgIpc) is 3.05. The topological polar surface area (TPSA) is 68.1 Å². The van der Waals surface area contributed by atoms with Gasteiger partial charge in [0.05, 0.1) is 17.6 Å². The van der Waals surface area contributed by atoms with Gasteiger partial charge in [-0.2, -0.15) is 0 Å². The third kappa shape index (κ3) is 6.23. The van der Waals surface area contributed by atoms with Crippen LogP contribution < -0.4 is 4.74 Å². The van der Waals surface area contributed by atoms with E-state index in [4.69, 9.17) is 14.7 Å². The highest BCUT2D eigenvalue weighted by atomic mass is 16.5. The lowest BCUT2D eigenvalue weighted by Gasteiger charge is -2.17. The Morgan fingerprint density at radius 1 is 0.591 bits per heavy atom. The summed E-state index contributed by atoms with van der Waals surface area (Å²) < 4.78 is 6.20. The van der Waals surface area contributed by atoms with Crippen molar-refractivity contribution in [3.63, 3.8) is 0 Å². The predicted molar refractivity (Wildman–Crippen MR) is 178 cm³/mol. The van der Waals surface area contributed by atoms with Crippen LogP contribution in [0.15, 0.2) is 122 Å². The van der Waals surface area contributed by atoms with Crippen LogP contribution >= 0.6 is 0 Å². The first-order chi connectivity index (χ1) is 21.4. The highest BCUT2D eigenvalue weighted by molar-refractivity contribution is 5.83. The highest BCUT2D eigenvalue weighted by Gasteiger charge is 2.19. The van der Waals surface area contributed by atoms with Gasteiger partial charge in [0.15, 0.2) is 0 Å². The van der Waals surface area contributed by atoms with Crippen LogP contribution in [-0.4, -0.2) is 20.1 Å². The summed E-state index contributed by atoms with van der Waals surface area (Å²) in [5, 5.41) is 11.0. The van der Waals surface area contributed by atoms with Crippen LogP contribution in [0, 0.1) is 0 Å². The van der Waals surface area contributed by atoms with E-state index in [2.05, 4.69) is 69.1 Å². The van der Waals surface area contributed by atoms with E-state index in [1.807, 2.05) is 72.9 Å². The molecule has 218 valence electrons. The van der Waals surface area contributed by atoms with Crippen LogP contribution in [0.3, 0.4) is 0 Å². The fraction of sp³-hybridized carbons (Fsp3) is 0.154. The molecule has 2 aromatic heterocycles. The van der Waals surface area contributed by atoms with E-state index in [0.29, 0.717) is 40.4 Å². The van der Waals surface area contributed by atoms with Crippen molar-refractivity contribution < 1.29 is 9.84 Å². The van der Waals surface area contributed by atoms with E-state index in [1.54, 1.807) is 12.3 Å². The number of hydrogen-bond donors (Lipinski definition) is 1. The van der Waals surface area contributed by atoms with Gasteiger partial charge in [-0.25, -0.2) is 9.97 Å². The minimum absolute atomic E-state index is 0.154. The smallest absolute Gasteiger partial charge is 0.219 e. The molecule has 0 amide bonds. The number of aromatic nitrogens is 3. The minimum Gasteiger partial charge on any atom is -0.507 e. The van der Waals surface area contributed by atoms with Gasteiger partial charge in [-0.3, -0.25) is 4.98 Å². The summed E-state index contributed by atoms with van der Waals surface area (Å²) in [6, 6.07) is 35.8. The molecule has 0 aliphatic rings. The molecule has 0 aliphatic carbocycles. The number of para-hydroxylation sites is 1. The summed E-state index contributed by atoms with van der Waals surface area (Å²) in [7, 11) is 0. The van der Waals surface area contributed by atoms with Crippen LogP contribution in [0.4, 0.5) is 0 Å². The molecule has 0 radical (unpaired) electrons. The van der Waals surface area contributed by atoms with Crippen molar-refractivity contribution in [2.75, 3.05) is 0 Å². The van der Waals surface area contributed by atoms with Gasteiger partial charge < -0.3 is 9.84 Å². The van der Waals surface area contributed by atoms with Crippen molar-refractivity contribution >= 4 is 0 Å². The maximum atomic E-state index is 11.0. The molecule has 44 heavy (non-hydrogen) atoms. The Balaban J connectivity index is 1.55.